The van der Waals surface area contributed by atoms with E-state index in [1.54, 1.807) is 0 Å². The summed E-state index contributed by atoms with van der Waals surface area (Å²) >= 11 is 0. The number of nitrogens with two attached hydrogens (primary N) is 1. The second kappa shape index (κ2) is 2.57. The molecule has 0 bridgehead atoms. The van der Waals surface area contributed by atoms with Crippen LogP contribution in [-0.2, 0) is 4.79 Å². The number of carboxylic acids is 1. The molecular weight excluding hydrogens is 166 g/mol. The van der Waals surface area contributed by atoms with Crippen molar-refractivity contribution in [3.63, 3.8) is 0 Å². The highest BCUT2D eigenvalue weighted by molar-refractivity contribution is 5.84. The summed E-state index contributed by atoms with van der Waals surface area (Å²) in [6, 6.07) is 9.54. The molecule has 0 saturated heterocycles. The first-order valence-corrected chi connectivity index (χ1v) is 4.22. The lowest BCUT2D eigenvalue weighted by Crippen LogP contribution is -2.34. The highest BCUT2D eigenvalue weighted by atomic mass is 16.4. The molecule has 1 aromatic rings. The van der Waals surface area contributed by atoms with Crippen LogP contribution in [0.15, 0.2) is 30.3 Å². The summed E-state index contributed by atoms with van der Waals surface area (Å²) in [7, 11) is 0. The Morgan fingerprint density at radius 3 is 2.54 bits per heavy atom. The molecule has 3 N–H and O–H groups in total. The van der Waals surface area contributed by atoms with Crippen molar-refractivity contribution >= 4 is 5.97 Å². The van der Waals surface area contributed by atoms with Gasteiger partial charge in [-0.1, -0.05) is 30.3 Å². The van der Waals surface area contributed by atoms with Crippen molar-refractivity contribution in [3.8, 4) is 0 Å². The smallest absolute Gasteiger partial charge is 0.324 e. The van der Waals surface area contributed by atoms with Crippen LogP contribution in [0.5, 0.6) is 0 Å². The van der Waals surface area contributed by atoms with E-state index in [2.05, 4.69) is 0 Å². The minimum absolute atomic E-state index is 0.00815. The number of carboxylic acid groups (broad SMARTS) is 1. The summed E-state index contributed by atoms with van der Waals surface area (Å²) in [6.45, 7) is 0. The predicted molar refractivity (Wildman–Crippen MR) is 48.4 cm³/mol. The standard InChI is InChI=1S/C10H11NO2/c11-10(9(12)13)6-8(10)7-4-2-1-3-5-7/h1-5,8H,6,11H2,(H,12,13)/t8-,10?/m0/s1. The van der Waals surface area contributed by atoms with Crippen molar-refractivity contribution in [1.29, 1.82) is 0 Å². The number of hydrogen-bond donors (Lipinski definition) is 2. The van der Waals surface area contributed by atoms with Crippen LogP contribution in [0.2, 0.25) is 0 Å². The van der Waals surface area contributed by atoms with E-state index < -0.39 is 11.5 Å². The Labute approximate surface area is 76.2 Å². The summed E-state index contributed by atoms with van der Waals surface area (Å²) in [6.07, 6.45) is 0.548. The first-order valence-electron chi connectivity index (χ1n) is 4.22. The lowest BCUT2D eigenvalue weighted by molar-refractivity contribution is -0.139. The lowest BCUT2D eigenvalue weighted by Gasteiger charge is -2.04. The predicted octanol–water partition coefficient (Wildman–Crippen LogP) is 0.956. The Kier molecular flexibility index (Phi) is 1.63. The number of hydrogen-bond acceptors (Lipinski definition) is 2. The molecule has 0 amide bonds. The maximum Gasteiger partial charge on any atom is 0.324 e. The third-order valence-electron chi connectivity index (χ3n) is 2.60. The summed E-state index contributed by atoms with van der Waals surface area (Å²) in [5.41, 5.74) is 5.67. The summed E-state index contributed by atoms with van der Waals surface area (Å²) in [5.74, 6) is -0.910. The van der Waals surface area contributed by atoms with E-state index in [0.29, 0.717) is 6.42 Å². The fraction of sp³-hybridized carbons (Fsp3) is 0.300. The van der Waals surface area contributed by atoms with Gasteiger partial charge in [0.25, 0.3) is 0 Å². The van der Waals surface area contributed by atoms with Crippen LogP contribution < -0.4 is 5.73 Å². The summed E-state index contributed by atoms with van der Waals surface area (Å²) in [4.78, 5) is 10.7. The average Bonchev–Trinajstić information content (AvgIpc) is 2.81. The van der Waals surface area contributed by atoms with Gasteiger partial charge in [0.1, 0.15) is 5.54 Å². The highest BCUT2D eigenvalue weighted by Gasteiger charge is 2.58. The van der Waals surface area contributed by atoms with E-state index in [1.165, 1.54) is 0 Å². The monoisotopic (exact) mass is 177 g/mol. The number of rotatable bonds is 2. The minimum atomic E-state index is -1.01. The van der Waals surface area contributed by atoms with Gasteiger partial charge in [0.2, 0.25) is 0 Å². The molecule has 0 heterocycles. The second-order valence-corrected chi connectivity index (χ2v) is 3.51. The van der Waals surface area contributed by atoms with Gasteiger partial charge in [0.05, 0.1) is 0 Å². The van der Waals surface area contributed by atoms with Crippen molar-refractivity contribution in [1.82, 2.24) is 0 Å². The molecular formula is C10H11NO2. The van der Waals surface area contributed by atoms with Crippen molar-refractivity contribution in [2.24, 2.45) is 5.73 Å². The van der Waals surface area contributed by atoms with Crippen LogP contribution in [0.25, 0.3) is 0 Å². The fourth-order valence-corrected chi connectivity index (χ4v) is 1.62. The SMILES string of the molecule is NC1(C(=O)O)C[C@H]1c1ccccc1. The van der Waals surface area contributed by atoms with Crippen LogP contribution in [0.4, 0.5) is 0 Å². The van der Waals surface area contributed by atoms with Crippen molar-refractivity contribution in [3.05, 3.63) is 35.9 Å². The van der Waals surface area contributed by atoms with Gasteiger partial charge < -0.3 is 10.8 Å². The zero-order chi connectivity index (χ0) is 9.47. The van der Waals surface area contributed by atoms with Crippen molar-refractivity contribution < 1.29 is 9.90 Å². The zero-order valence-corrected chi connectivity index (χ0v) is 7.10. The topological polar surface area (TPSA) is 63.3 Å². The van der Waals surface area contributed by atoms with Gasteiger partial charge in [0, 0.05) is 5.92 Å². The summed E-state index contributed by atoms with van der Waals surface area (Å²) < 4.78 is 0. The van der Waals surface area contributed by atoms with Gasteiger partial charge in [-0.3, -0.25) is 4.79 Å². The normalized spacial score (nSPS) is 31.3. The fourth-order valence-electron chi connectivity index (χ4n) is 1.62. The molecule has 1 unspecified atom stereocenters. The van der Waals surface area contributed by atoms with Gasteiger partial charge in [-0.2, -0.15) is 0 Å². The molecule has 1 aliphatic carbocycles. The van der Waals surface area contributed by atoms with Gasteiger partial charge in [-0.25, -0.2) is 0 Å². The van der Waals surface area contributed by atoms with Gasteiger partial charge >= 0.3 is 5.97 Å². The molecule has 1 fully saturated rings. The molecule has 0 aromatic heterocycles. The van der Waals surface area contributed by atoms with Gasteiger partial charge in [0.15, 0.2) is 0 Å². The van der Waals surface area contributed by atoms with Crippen molar-refractivity contribution in [2.45, 2.75) is 17.9 Å². The Morgan fingerprint density at radius 1 is 1.46 bits per heavy atom. The number of benzene rings is 1. The summed E-state index contributed by atoms with van der Waals surface area (Å²) in [5, 5.41) is 8.82. The molecule has 0 radical (unpaired) electrons. The Hall–Kier alpha value is -1.35. The van der Waals surface area contributed by atoms with E-state index >= 15 is 0 Å². The number of aliphatic carboxylic acids is 1. The Balaban J connectivity index is 2.21. The third-order valence-corrected chi connectivity index (χ3v) is 2.60. The first kappa shape index (κ1) is 8.26. The first-order chi connectivity index (χ1) is 6.14. The lowest BCUT2D eigenvalue weighted by atomic mass is 10.1. The third kappa shape index (κ3) is 1.21. The van der Waals surface area contributed by atoms with Crippen molar-refractivity contribution in [2.75, 3.05) is 0 Å². The maximum atomic E-state index is 10.7. The quantitative estimate of drug-likeness (QED) is 0.707. The van der Waals surface area contributed by atoms with Crippen LogP contribution in [0.3, 0.4) is 0 Å². The Morgan fingerprint density at radius 2 is 2.08 bits per heavy atom. The minimum Gasteiger partial charge on any atom is -0.480 e. The maximum absolute atomic E-state index is 10.7. The van der Waals surface area contributed by atoms with E-state index in [0.717, 1.165) is 5.56 Å². The second-order valence-electron chi connectivity index (χ2n) is 3.51. The van der Waals surface area contributed by atoms with Gasteiger partial charge in [-0.05, 0) is 12.0 Å². The molecule has 3 heteroatoms. The molecule has 2 rings (SSSR count). The number of carbonyl (C=O) groups is 1. The molecule has 3 nitrogen and oxygen atoms in total. The van der Waals surface area contributed by atoms with Crippen LogP contribution in [-0.4, -0.2) is 16.6 Å². The molecule has 0 aliphatic heterocycles. The Bertz CT molecular complexity index is 336. The van der Waals surface area contributed by atoms with E-state index in [4.69, 9.17) is 10.8 Å². The molecule has 1 aromatic carbocycles. The highest BCUT2D eigenvalue weighted by Crippen LogP contribution is 2.49. The van der Waals surface area contributed by atoms with E-state index in [9.17, 15) is 4.79 Å². The molecule has 0 spiro atoms. The zero-order valence-electron chi connectivity index (χ0n) is 7.10. The largest absolute Gasteiger partial charge is 0.480 e. The van der Waals surface area contributed by atoms with Crippen LogP contribution in [0, 0.1) is 0 Å². The van der Waals surface area contributed by atoms with E-state index in [-0.39, 0.29) is 5.92 Å². The molecule has 1 saturated carbocycles. The average molecular weight is 177 g/mol. The van der Waals surface area contributed by atoms with Crippen LogP contribution in [0.1, 0.15) is 17.9 Å². The molecule has 13 heavy (non-hydrogen) atoms. The molecule has 68 valence electrons. The van der Waals surface area contributed by atoms with E-state index in [1.807, 2.05) is 30.3 Å². The van der Waals surface area contributed by atoms with Crippen LogP contribution >= 0.6 is 0 Å². The molecule has 1 aliphatic rings. The molecule has 2 atom stereocenters. The van der Waals surface area contributed by atoms with Gasteiger partial charge in [-0.15, -0.1) is 0 Å².